The highest BCUT2D eigenvalue weighted by atomic mass is 19.1. The van der Waals surface area contributed by atoms with Crippen molar-refractivity contribution in [3.63, 3.8) is 0 Å². The number of nitrogens with two attached hydrogens (primary N) is 1. The number of nitrogens with zero attached hydrogens (tertiary/aromatic N) is 3. The average molecular weight is 426 g/mol. The lowest BCUT2D eigenvalue weighted by atomic mass is 10.0. The number of carbonyl (C=O) groups is 2. The Bertz CT molecular complexity index is 1050. The number of halogens is 1. The molecule has 1 fully saturated rings. The first-order valence-corrected chi connectivity index (χ1v) is 9.55. The first-order chi connectivity index (χ1) is 14.8. The van der Waals surface area contributed by atoms with E-state index in [1.807, 2.05) is 0 Å². The number of anilines is 2. The highest BCUT2D eigenvalue weighted by Gasteiger charge is 2.52. The van der Waals surface area contributed by atoms with Gasteiger partial charge in [0.2, 0.25) is 5.60 Å². The van der Waals surface area contributed by atoms with Gasteiger partial charge < -0.3 is 25.4 Å². The number of pyridine rings is 1. The number of benzene rings is 1. The highest BCUT2D eigenvalue weighted by Crippen LogP contribution is 2.31. The third kappa shape index (κ3) is 4.35. The Morgan fingerprint density at radius 2 is 2.10 bits per heavy atom. The molecule has 1 aliphatic heterocycles. The van der Waals surface area contributed by atoms with Crippen LogP contribution in [0.25, 0.3) is 0 Å². The molecule has 0 spiro atoms. The van der Waals surface area contributed by atoms with Crippen LogP contribution in [-0.2, 0) is 9.53 Å². The minimum absolute atomic E-state index is 0.0661. The second-order valence-corrected chi connectivity index (χ2v) is 7.07. The number of primary amides is 1. The molecule has 9 heteroatoms. The molecule has 162 valence electrons. The summed E-state index contributed by atoms with van der Waals surface area (Å²) in [5, 5.41) is 10.5. The fraction of sp³-hybridized carbons (Fsp3) is 0.318. The van der Waals surface area contributed by atoms with Crippen molar-refractivity contribution in [2.75, 3.05) is 38.8 Å². The van der Waals surface area contributed by atoms with Crippen LogP contribution in [0.4, 0.5) is 15.8 Å². The molecule has 8 nitrogen and oxygen atoms in total. The van der Waals surface area contributed by atoms with Gasteiger partial charge in [0.1, 0.15) is 0 Å². The summed E-state index contributed by atoms with van der Waals surface area (Å²) < 4.78 is 19.5. The molecule has 0 aliphatic carbocycles. The minimum Gasteiger partial charge on any atom is -0.383 e. The summed E-state index contributed by atoms with van der Waals surface area (Å²) in [6.45, 7) is 0.413. The molecule has 1 aromatic carbocycles. The lowest BCUT2D eigenvalue weighted by molar-refractivity contribution is -0.139. The molecule has 0 saturated carbocycles. The molecule has 1 aliphatic rings. The van der Waals surface area contributed by atoms with Gasteiger partial charge in [0.15, 0.2) is 11.9 Å². The summed E-state index contributed by atoms with van der Waals surface area (Å²) >= 11 is 0. The van der Waals surface area contributed by atoms with E-state index >= 15 is 0 Å². The summed E-state index contributed by atoms with van der Waals surface area (Å²) in [5.41, 5.74) is 4.57. The van der Waals surface area contributed by atoms with Crippen LogP contribution >= 0.6 is 0 Å². The zero-order valence-corrected chi connectivity index (χ0v) is 17.2. The number of likely N-dealkylation sites (N-methyl/N-ethyl adjacent to an activating group) is 1. The number of ether oxygens (including phenoxy) is 1. The molecule has 2 aromatic rings. The number of carbonyl (C=O) groups excluding carboxylic acids is 2. The third-order valence-electron chi connectivity index (χ3n) is 4.97. The number of aromatic nitrogens is 1. The monoisotopic (exact) mass is 426 g/mol. The second kappa shape index (κ2) is 9.12. The first kappa shape index (κ1) is 22.2. The van der Waals surface area contributed by atoms with E-state index in [4.69, 9.17) is 10.5 Å². The van der Waals surface area contributed by atoms with Gasteiger partial charge in [-0.05, 0) is 30.2 Å². The molecule has 2 amide bonds. The van der Waals surface area contributed by atoms with Gasteiger partial charge in [0.25, 0.3) is 11.8 Å². The summed E-state index contributed by atoms with van der Waals surface area (Å²) in [5.74, 6) is 3.68. The van der Waals surface area contributed by atoms with Gasteiger partial charge >= 0.3 is 0 Å². The molecular formula is C22H23FN4O4. The number of para-hydroxylation sites is 1. The number of methoxy groups -OCH3 is 1. The normalized spacial score (nSPS) is 20.3. The van der Waals surface area contributed by atoms with Crippen molar-refractivity contribution in [1.82, 2.24) is 9.88 Å². The number of amides is 2. The SMILES string of the molecule is COCCN(c1ccccc1C#C[C@@]1(O)C(=O)N(C)CC1F)c1cccnc1C(N)=O. The van der Waals surface area contributed by atoms with Crippen LogP contribution < -0.4 is 10.6 Å². The molecule has 0 bridgehead atoms. The van der Waals surface area contributed by atoms with E-state index in [9.17, 15) is 19.1 Å². The predicted molar refractivity (Wildman–Crippen MR) is 112 cm³/mol. The van der Waals surface area contributed by atoms with Gasteiger partial charge in [-0.2, -0.15) is 0 Å². The standard InChI is InChI=1S/C22H23FN4O4/c1-26-14-18(23)22(30,21(26)29)10-9-15-6-3-4-7-16(15)27(12-13-31-2)17-8-5-11-25-19(17)20(24)28/h3-8,11,18,30H,12-14H2,1-2H3,(H2,24,28)/t18?,22-/m0/s1. The van der Waals surface area contributed by atoms with E-state index < -0.39 is 23.6 Å². The Morgan fingerprint density at radius 1 is 1.39 bits per heavy atom. The van der Waals surface area contributed by atoms with E-state index in [2.05, 4.69) is 16.8 Å². The number of likely N-dealkylation sites (tertiary alicyclic amines) is 1. The summed E-state index contributed by atoms with van der Waals surface area (Å²) in [6, 6.07) is 10.3. The zero-order valence-electron chi connectivity index (χ0n) is 17.2. The number of aliphatic hydroxyl groups is 1. The van der Waals surface area contributed by atoms with Gasteiger partial charge in [-0.1, -0.05) is 18.1 Å². The Kier molecular flexibility index (Phi) is 6.53. The van der Waals surface area contributed by atoms with Crippen molar-refractivity contribution in [3.05, 3.63) is 53.9 Å². The molecule has 1 saturated heterocycles. The quantitative estimate of drug-likeness (QED) is 0.663. The molecule has 1 aromatic heterocycles. The largest absolute Gasteiger partial charge is 0.383 e. The minimum atomic E-state index is -2.41. The summed E-state index contributed by atoms with van der Waals surface area (Å²) in [6.07, 6.45) is -0.364. The maximum Gasteiger partial charge on any atom is 0.270 e. The van der Waals surface area contributed by atoms with Crippen LogP contribution in [0.1, 0.15) is 16.1 Å². The van der Waals surface area contributed by atoms with Gasteiger partial charge in [0, 0.05) is 32.5 Å². The smallest absolute Gasteiger partial charge is 0.270 e. The number of hydrogen-bond donors (Lipinski definition) is 2. The Hall–Kier alpha value is -3.48. The number of rotatable bonds is 6. The average Bonchev–Trinajstić information content (AvgIpc) is 2.96. The Balaban J connectivity index is 2.09. The molecule has 3 rings (SSSR count). The van der Waals surface area contributed by atoms with Gasteiger partial charge in [-0.25, -0.2) is 9.37 Å². The van der Waals surface area contributed by atoms with Gasteiger partial charge in [-0.15, -0.1) is 0 Å². The van der Waals surface area contributed by atoms with Crippen LogP contribution in [0, 0.1) is 11.8 Å². The highest BCUT2D eigenvalue weighted by molar-refractivity contribution is 5.98. The number of alkyl halides is 1. The van der Waals surface area contributed by atoms with Crippen LogP contribution in [0.15, 0.2) is 42.6 Å². The molecule has 31 heavy (non-hydrogen) atoms. The Labute approximate surface area is 179 Å². The lowest BCUT2D eigenvalue weighted by Crippen LogP contribution is -2.42. The molecule has 0 radical (unpaired) electrons. The van der Waals surface area contributed by atoms with E-state index in [1.54, 1.807) is 48.4 Å². The van der Waals surface area contributed by atoms with Crippen LogP contribution in [0.2, 0.25) is 0 Å². The van der Waals surface area contributed by atoms with Crippen molar-refractivity contribution >= 4 is 23.2 Å². The van der Waals surface area contributed by atoms with E-state index in [0.717, 1.165) is 4.90 Å². The summed E-state index contributed by atoms with van der Waals surface area (Å²) in [4.78, 5) is 31.1. The van der Waals surface area contributed by atoms with E-state index in [1.165, 1.54) is 13.2 Å². The first-order valence-electron chi connectivity index (χ1n) is 9.55. The second-order valence-electron chi connectivity index (χ2n) is 7.07. The molecule has 2 heterocycles. The molecular weight excluding hydrogens is 403 g/mol. The van der Waals surface area contributed by atoms with Crippen LogP contribution in [0.3, 0.4) is 0 Å². The fourth-order valence-corrected chi connectivity index (χ4v) is 3.35. The molecule has 2 atom stereocenters. The van der Waals surface area contributed by atoms with Crippen molar-refractivity contribution in [1.29, 1.82) is 0 Å². The fourth-order valence-electron chi connectivity index (χ4n) is 3.35. The predicted octanol–water partition coefficient (Wildman–Crippen LogP) is 0.858. The third-order valence-corrected chi connectivity index (χ3v) is 4.97. The Morgan fingerprint density at radius 3 is 2.74 bits per heavy atom. The maximum atomic E-state index is 14.3. The van der Waals surface area contributed by atoms with Crippen molar-refractivity contribution in [2.24, 2.45) is 5.73 Å². The van der Waals surface area contributed by atoms with Gasteiger partial charge in [0.05, 0.1) is 24.5 Å². The van der Waals surface area contributed by atoms with Crippen molar-refractivity contribution in [2.45, 2.75) is 11.8 Å². The summed E-state index contributed by atoms with van der Waals surface area (Å²) in [7, 11) is 2.95. The molecule has 1 unspecified atom stereocenters. The van der Waals surface area contributed by atoms with Crippen molar-refractivity contribution in [3.8, 4) is 11.8 Å². The zero-order chi connectivity index (χ0) is 22.6. The maximum absolute atomic E-state index is 14.3. The van der Waals surface area contributed by atoms with Crippen molar-refractivity contribution < 1.29 is 23.8 Å². The van der Waals surface area contributed by atoms with E-state index in [0.29, 0.717) is 30.1 Å². The molecule has 3 N–H and O–H groups in total. The van der Waals surface area contributed by atoms with E-state index in [-0.39, 0.29) is 12.2 Å². The van der Waals surface area contributed by atoms with Crippen LogP contribution in [-0.4, -0.2) is 72.4 Å². The van der Waals surface area contributed by atoms with Crippen LogP contribution in [0.5, 0.6) is 0 Å². The lowest BCUT2D eigenvalue weighted by Gasteiger charge is -2.27. The van der Waals surface area contributed by atoms with Gasteiger partial charge in [-0.3, -0.25) is 9.59 Å². The topological polar surface area (TPSA) is 109 Å². The number of hydrogen-bond acceptors (Lipinski definition) is 6.